The zero-order valence-corrected chi connectivity index (χ0v) is 10.8. The van der Waals surface area contributed by atoms with Crippen LogP contribution in [-0.4, -0.2) is 34.1 Å². The number of aliphatic hydroxyl groups is 1. The van der Waals surface area contributed by atoms with Crippen molar-refractivity contribution in [2.24, 2.45) is 0 Å². The number of anilines is 2. The number of likely N-dealkylation sites (N-methyl/N-ethyl adjacent to an activating group) is 1. The molecule has 0 aliphatic heterocycles. The van der Waals surface area contributed by atoms with E-state index in [4.69, 9.17) is 5.73 Å². The van der Waals surface area contributed by atoms with Crippen molar-refractivity contribution in [3.8, 4) is 0 Å². The lowest BCUT2D eigenvalue weighted by Gasteiger charge is -2.27. The molecule has 0 saturated carbocycles. The van der Waals surface area contributed by atoms with Crippen LogP contribution in [0.5, 0.6) is 0 Å². The average molecular weight is 226 g/mol. The van der Waals surface area contributed by atoms with Crippen LogP contribution in [0.4, 0.5) is 11.5 Å². The Labute approximate surface area is 96.9 Å². The van der Waals surface area contributed by atoms with Crippen molar-refractivity contribution in [3.05, 3.63) is 5.69 Å². The molecule has 5 nitrogen and oxygen atoms in total. The van der Waals surface area contributed by atoms with Gasteiger partial charge in [0.1, 0.15) is 5.82 Å². The van der Waals surface area contributed by atoms with E-state index in [1.54, 1.807) is 13.8 Å². The first kappa shape index (κ1) is 12.8. The third kappa shape index (κ3) is 2.66. The van der Waals surface area contributed by atoms with Crippen LogP contribution in [-0.2, 0) is 6.54 Å². The monoisotopic (exact) mass is 226 g/mol. The van der Waals surface area contributed by atoms with Gasteiger partial charge >= 0.3 is 0 Å². The van der Waals surface area contributed by atoms with Crippen LogP contribution >= 0.6 is 0 Å². The van der Waals surface area contributed by atoms with E-state index >= 15 is 0 Å². The highest BCUT2D eigenvalue weighted by molar-refractivity contribution is 5.66. The van der Waals surface area contributed by atoms with Crippen molar-refractivity contribution in [1.29, 1.82) is 0 Å². The Hall–Kier alpha value is -1.23. The number of nitrogens with zero attached hydrogens (tertiary/aromatic N) is 3. The minimum absolute atomic E-state index is 0.516. The summed E-state index contributed by atoms with van der Waals surface area (Å²) in [5.41, 5.74) is 6.76. The average Bonchev–Trinajstić information content (AvgIpc) is 2.40. The molecule has 0 unspecified atom stereocenters. The summed E-state index contributed by atoms with van der Waals surface area (Å²) in [6.07, 6.45) is 0. The molecular formula is C11H22N4O. The standard InChI is InChI=1S/C11H22N4O/c1-6-15-10(9(12)8(2)13-15)14(5)7-11(3,4)16/h16H,6-7,12H2,1-5H3. The molecule has 0 atom stereocenters. The Bertz CT molecular complexity index is 365. The highest BCUT2D eigenvalue weighted by atomic mass is 16.3. The molecule has 1 heterocycles. The number of rotatable bonds is 4. The Morgan fingerprint density at radius 3 is 2.50 bits per heavy atom. The molecule has 1 rings (SSSR count). The van der Waals surface area contributed by atoms with E-state index in [0.717, 1.165) is 18.1 Å². The van der Waals surface area contributed by atoms with Crippen LogP contribution in [0.2, 0.25) is 0 Å². The van der Waals surface area contributed by atoms with Gasteiger partial charge in [0, 0.05) is 20.1 Å². The summed E-state index contributed by atoms with van der Waals surface area (Å²) in [5.74, 6) is 0.877. The van der Waals surface area contributed by atoms with Gasteiger partial charge < -0.3 is 15.7 Å². The van der Waals surface area contributed by atoms with Gasteiger partial charge in [-0.3, -0.25) is 0 Å². The Morgan fingerprint density at radius 1 is 1.50 bits per heavy atom. The van der Waals surface area contributed by atoms with Crippen molar-refractivity contribution in [1.82, 2.24) is 9.78 Å². The van der Waals surface area contributed by atoms with Gasteiger partial charge in [0.25, 0.3) is 0 Å². The van der Waals surface area contributed by atoms with Crippen molar-refractivity contribution < 1.29 is 5.11 Å². The number of hydrogen-bond donors (Lipinski definition) is 2. The maximum atomic E-state index is 9.80. The van der Waals surface area contributed by atoms with Crippen LogP contribution in [0.1, 0.15) is 26.5 Å². The molecule has 3 N–H and O–H groups in total. The smallest absolute Gasteiger partial charge is 0.150 e. The van der Waals surface area contributed by atoms with Crippen LogP contribution < -0.4 is 10.6 Å². The van der Waals surface area contributed by atoms with Crippen LogP contribution in [0.3, 0.4) is 0 Å². The number of aryl methyl sites for hydroxylation is 2. The number of hydrogen-bond acceptors (Lipinski definition) is 4. The fourth-order valence-electron chi connectivity index (χ4n) is 1.86. The van der Waals surface area contributed by atoms with Gasteiger partial charge in [0.15, 0.2) is 0 Å². The largest absolute Gasteiger partial charge is 0.394 e. The molecular weight excluding hydrogens is 204 g/mol. The molecule has 0 aliphatic carbocycles. The van der Waals surface area contributed by atoms with Crippen LogP contribution in [0.25, 0.3) is 0 Å². The molecule has 0 aliphatic rings. The molecule has 1 aromatic heterocycles. The summed E-state index contributed by atoms with van der Waals surface area (Å²) in [5, 5.41) is 14.1. The fraction of sp³-hybridized carbons (Fsp3) is 0.727. The van der Waals surface area contributed by atoms with E-state index < -0.39 is 5.60 Å². The predicted octanol–water partition coefficient (Wildman–Crippen LogP) is 1.00. The maximum absolute atomic E-state index is 9.80. The topological polar surface area (TPSA) is 67.3 Å². The van der Waals surface area contributed by atoms with E-state index in [1.165, 1.54) is 0 Å². The second-order valence-corrected chi connectivity index (χ2v) is 4.81. The van der Waals surface area contributed by atoms with E-state index in [9.17, 15) is 5.11 Å². The Morgan fingerprint density at radius 2 is 2.06 bits per heavy atom. The van der Waals surface area contributed by atoms with Crippen molar-refractivity contribution in [2.75, 3.05) is 24.2 Å². The Kier molecular flexibility index (Phi) is 3.48. The third-order valence-electron chi connectivity index (χ3n) is 2.43. The molecule has 92 valence electrons. The number of nitrogen functional groups attached to an aromatic ring is 1. The van der Waals surface area contributed by atoms with E-state index in [2.05, 4.69) is 5.10 Å². The first-order valence-electron chi connectivity index (χ1n) is 5.52. The van der Waals surface area contributed by atoms with Gasteiger partial charge in [-0.1, -0.05) is 0 Å². The van der Waals surface area contributed by atoms with Gasteiger partial charge in [-0.15, -0.1) is 0 Å². The lowest BCUT2D eigenvalue weighted by Crippen LogP contribution is -2.37. The second-order valence-electron chi connectivity index (χ2n) is 4.81. The van der Waals surface area contributed by atoms with E-state index in [1.807, 2.05) is 30.5 Å². The first-order chi connectivity index (χ1) is 7.26. The van der Waals surface area contributed by atoms with Crippen molar-refractivity contribution in [3.63, 3.8) is 0 Å². The van der Waals surface area contributed by atoms with Gasteiger partial charge in [0.05, 0.1) is 17.0 Å². The fourth-order valence-corrected chi connectivity index (χ4v) is 1.86. The molecule has 0 radical (unpaired) electrons. The van der Waals surface area contributed by atoms with Crippen LogP contribution in [0.15, 0.2) is 0 Å². The molecule has 0 bridgehead atoms. The molecule has 0 saturated heterocycles. The molecule has 5 heteroatoms. The number of aromatic nitrogens is 2. The second kappa shape index (κ2) is 4.33. The molecule has 0 amide bonds. The zero-order valence-electron chi connectivity index (χ0n) is 10.8. The SMILES string of the molecule is CCn1nc(C)c(N)c1N(C)CC(C)(C)O. The Balaban J connectivity index is 3.02. The minimum atomic E-state index is -0.752. The summed E-state index contributed by atoms with van der Waals surface area (Å²) in [6.45, 7) is 8.75. The molecule has 0 spiro atoms. The molecule has 16 heavy (non-hydrogen) atoms. The van der Waals surface area contributed by atoms with Crippen molar-refractivity contribution >= 4 is 11.5 Å². The summed E-state index contributed by atoms with van der Waals surface area (Å²) in [6, 6.07) is 0. The summed E-state index contributed by atoms with van der Waals surface area (Å²) < 4.78 is 1.86. The minimum Gasteiger partial charge on any atom is -0.394 e. The lowest BCUT2D eigenvalue weighted by molar-refractivity contribution is 0.0883. The van der Waals surface area contributed by atoms with Gasteiger partial charge in [-0.05, 0) is 27.7 Å². The first-order valence-corrected chi connectivity index (χ1v) is 5.52. The van der Waals surface area contributed by atoms with Crippen LogP contribution in [0, 0.1) is 6.92 Å². The quantitative estimate of drug-likeness (QED) is 0.803. The van der Waals surface area contributed by atoms with Gasteiger partial charge in [-0.2, -0.15) is 5.10 Å². The number of nitrogens with two attached hydrogens (primary N) is 1. The lowest BCUT2D eigenvalue weighted by atomic mass is 10.1. The van der Waals surface area contributed by atoms with Crippen molar-refractivity contribution in [2.45, 2.75) is 39.8 Å². The normalized spacial score (nSPS) is 11.9. The van der Waals surface area contributed by atoms with E-state index in [-0.39, 0.29) is 0 Å². The van der Waals surface area contributed by atoms with Gasteiger partial charge in [-0.25, -0.2) is 4.68 Å². The highest BCUT2D eigenvalue weighted by Gasteiger charge is 2.21. The third-order valence-corrected chi connectivity index (χ3v) is 2.43. The summed E-state index contributed by atoms with van der Waals surface area (Å²) >= 11 is 0. The zero-order chi connectivity index (χ0) is 12.5. The van der Waals surface area contributed by atoms with Gasteiger partial charge in [0.2, 0.25) is 0 Å². The summed E-state index contributed by atoms with van der Waals surface area (Å²) in [7, 11) is 1.91. The molecule has 0 fully saturated rings. The molecule has 0 aromatic carbocycles. The predicted molar refractivity (Wildman–Crippen MR) is 66.6 cm³/mol. The van der Waals surface area contributed by atoms with E-state index in [0.29, 0.717) is 12.2 Å². The maximum Gasteiger partial charge on any atom is 0.150 e. The highest BCUT2D eigenvalue weighted by Crippen LogP contribution is 2.26. The molecule has 1 aromatic rings. The summed E-state index contributed by atoms with van der Waals surface area (Å²) in [4.78, 5) is 1.94.